The Hall–Kier alpha value is -2.57. The number of thioether (sulfide) groups is 1. The fraction of sp³-hybridized carbons (Fsp3) is 0.320. The lowest BCUT2D eigenvalue weighted by atomic mass is 9.99. The number of hydrogen-bond donors (Lipinski definition) is 2. The molecule has 5 nitrogen and oxygen atoms in total. The van der Waals surface area contributed by atoms with Crippen molar-refractivity contribution < 1.29 is 14.4 Å². The Morgan fingerprint density at radius 3 is 2.38 bits per heavy atom. The Morgan fingerprint density at radius 2 is 1.75 bits per heavy atom. The average Bonchev–Trinajstić information content (AvgIpc) is 2.76. The maximum atomic E-state index is 13.0. The van der Waals surface area contributed by atoms with Gasteiger partial charge in [0.25, 0.3) is 0 Å². The molecule has 0 spiro atoms. The molecule has 2 N–H and O–H groups in total. The summed E-state index contributed by atoms with van der Waals surface area (Å²) in [6.45, 7) is 7.49. The summed E-state index contributed by atoms with van der Waals surface area (Å²) < 4.78 is 0. The number of amides is 2. The van der Waals surface area contributed by atoms with Gasteiger partial charge in [0.15, 0.2) is 5.78 Å². The van der Waals surface area contributed by atoms with Crippen molar-refractivity contribution >= 4 is 41.0 Å². The van der Waals surface area contributed by atoms with Crippen LogP contribution >= 0.6 is 23.4 Å². The van der Waals surface area contributed by atoms with E-state index in [9.17, 15) is 14.4 Å². The first-order chi connectivity index (χ1) is 15.3. The summed E-state index contributed by atoms with van der Waals surface area (Å²) in [4.78, 5) is 38.9. The van der Waals surface area contributed by atoms with Crippen LogP contribution in [0.4, 0.5) is 0 Å². The van der Waals surface area contributed by atoms with Crippen LogP contribution in [0.5, 0.6) is 0 Å². The topological polar surface area (TPSA) is 75.3 Å². The summed E-state index contributed by atoms with van der Waals surface area (Å²) in [6, 6.07) is 15.2. The molecule has 7 heteroatoms. The third-order valence-corrected chi connectivity index (χ3v) is 5.91. The van der Waals surface area contributed by atoms with E-state index in [0.29, 0.717) is 11.4 Å². The molecule has 2 atom stereocenters. The largest absolute Gasteiger partial charge is 0.344 e. The molecular weight excluding hydrogens is 444 g/mol. The van der Waals surface area contributed by atoms with E-state index in [1.54, 1.807) is 18.2 Å². The minimum absolute atomic E-state index is 0.175. The molecule has 0 unspecified atom stereocenters. The fourth-order valence-electron chi connectivity index (χ4n) is 3.14. The number of benzene rings is 2. The van der Waals surface area contributed by atoms with Gasteiger partial charge in [-0.05, 0) is 48.2 Å². The lowest BCUT2D eigenvalue weighted by Crippen LogP contribution is -2.52. The van der Waals surface area contributed by atoms with Gasteiger partial charge < -0.3 is 10.6 Å². The van der Waals surface area contributed by atoms with E-state index in [2.05, 4.69) is 17.2 Å². The highest BCUT2D eigenvalue weighted by Crippen LogP contribution is 2.17. The highest BCUT2D eigenvalue weighted by molar-refractivity contribution is 8.00. The van der Waals surface area contributed by atoms with Gasteiger partial charge in [0, 0.05) is 16.3 Å². The Morgan fingerprint density at radius 1 is 1.03 bits per heavy atom. The lowest BCUT2D eigenvalue weighted by molar-refractivity contribution is -0.130. The van der Waals surface area contributed by atoms with E-state index in [1.165, 1.54) is 17.8 Å². The first-order valence-electron chi connectivity index (χ1n) is 10.5. The van der Waals surface area contributed by atoms with Crippen LogP contribution < -0.4 is 10.6 Å². The molecule has 0 heterocycles. The van der Waals surface area contributed by atoms with Crippen molar-refractivity contribution in [1.29, 1.82) is 0 Å². The molecule has 0 bridgehead atoms. The van der Waals surface area contributed by atoms with Crippen molar-refractivity contribution in [2.24, 2.45) is 5.92 Å². The zero-order valence-corrected chi connectivity index (χ0v) is 19.9. The van der Waals surface area contributed by atoms with Gasteiger partial charge in [-0.15, -0.1) is 11.8 Å². The Labute approximate surface area is 199 Å². The predicted octanol–water partition coefficient (Wildman–Crippen LogP) is 4.45. The summed E-state index contributed by atoms with van der Waals surface area (Å²) in [5, 5.41) is 6.17. The Bertz CT molecular complexity index is 934. The molecule has 0 aliphatic heterocycles. The van der Waals surface area contributed by atoms with Gasteiger partial charge in [0.2, 0.25) is 11.8 Å². The van der Waals surface area contributed by atoms with Crippen LogP contribution in [0.3, 0.4) is 0 Å². The smallest absolute Gasteiger partial charge is 0.243 e. The number of carbonyl (C=O) groups is 3. The van der Waals surface area contributed by atoms with E-state index >= 15 is 0 Å². The number of rotatable bonds is 12. The number of halogens is 1. The first-order valence-corrected chi connectivity index (χ1v) is 11.8. The van der Waals surface area contributed by atoms with Crippen LogP contribution in [-0.4, -0.2) is 35.4 Å². The summed E-state index contributed by atoms with van der Waals surface area (Å²) in [7, 11) is 0. The number of nitrogens with one attached hydrogen (secondary N) is 2. The van der Waals surface area contributed by atoms with Crippen LogP contribution in [0.2, 0.25) is 5.02 Å². The fourth-order valence-corrected chi connectivity index (χ4v) is 4.09. The van der Waals surface area contributed by atoms with Crippen molar-refractivity contribution in [3.05, 3.63) is 77.8 Å². The zero-order chi connectivity index (χ0) is 23.5. The molecule has 2 rings (SSSR count). The van der Waals surface area contributed by atoms with Gasteiger partial charge in [-0.3, -0.25) is 14.4 Å². The van der Waals surface area contributed by atoms with Crippen molar-refractivity contribution in [2.45, 2.75) is 43.7 Å². The third kappa shape index (κ3) is 8.89. The van der Waals surface area contributed by atoms with Gasteiger partial charge in [-0.2, -0.15) is 0 Å². The molecule has 0 aliphatic rings. The molecular formula is C25H29ClN2O3S. The predicted molar refractivity (Wildman–Crippen MR) is 131 cm³/mol. The van der Waals surface area contributed by atoms with Crippen LogP contribution in [0, 0.1) is 5.92 Å². The quantitative estimate of drug-likeness (QED) is 0.353. The summed E-state index contributed by atoms with van der Waals surface area (Å²) in [6.07, 6.45) is 1.94. The Balaban J connectivity index is 2.05. The summed E-state index contributed by atoms with van der Waals surface area (Å²) in [5.41, 5.74) is 0.821. The molecule has 0 fully saturated rings. The maximum Gasteiger partial charge on any atom is 0.243 e. The van der Waals surface area contributed by atoms with Gasteiger partial charge >= 0.3 is 0 Å². The number of ketones is 1. The molecule has 2 aromatic carbocycles. The second-order valence-electron chi connectivity index (χ2n) is 7.85. The van der Waals surface area contributed by atoms with Gasteiger partial charge in [0.1, 0.15) is 6.04 Å². The van der Waals surface area contributed by atoms with E-state index in [1.807, 2.05) is 50.2 Å². The normalized spacial score (nSPS) is 12.6. The second kappa shape index (κ2) is 13.1. The van der Waals surface area contributed by atoms with Crippen molar-refractivity contribution in [3.8, 4) is 0 Å². The van der Waals surface area contributed by atoms with Crippen molar-refractivity contribution in [3.63, 3.8) is 0 Å². The van der Waals surface area contributed by atoms with Crippen LogP contribution in [-0.2, 0) is 20.8 Å². The molecule has 0 saturated carbocycles. The van der Waals surface area contributed by atoms with Crippen LogP contribution in [0.15, 0.2) is 72.1 Å². The maximum absolute atomic E-state index is 13.0. The van der Waals surface area contributed by atoms with Crippen molar-refractivity contribution in [1.82, 2.24) is 10.6 Å². The van der Waals surface area contributed by atoms with Gasteiger partial charge in [0.05, 0.1) is 11.8 Å². The molecule has 0 saturated heterocycles. The lowest BCUT2D eigenvalue weighted by Gasteiger charge is -2.23. The highest BCUT2D eigenvalue weighted by Gasteiger charge is 2.26. The third-order valence-electron chi connectivity index (χ3n) is 4.66. The SMILES string of the molecule is C=CC(=O)[C@H](Cc1cccc(Cl)c1)NC(=O)[C@H](CC(C)C)NC(=O)CSc1ccccc1. The van der Waals surface area contributed by atoms with Crippen LogP contribution in [0.25, 0.3) is 0 Å². The highest BCUT2D eigenvalue weighted by atomic mass is 35.5. The second-order valence-corrected chi connectivity index (χ2v) is 9.34. The molecule has 2 amide bonds. The monoisotopic (exact) mass is 472 g/mol. The molecule has 0 aromatic heterocycles. The van der Waals surface area contributed by atoms with E-state index in [0.717, 1.165) is 10.5 Å². The van der Waals surface area contributed by atoms with E-state index < -0.39 is 12.1 Å². The molecule has 2 aromatic rings. The van der Waals surface area contributed by atoms with Gasteiger partial charge in [-0.1, -0.05) is 62.4 Å². The standard InChI is InChI=1S/C25H29ClN2O3S/c1-4-23(29)21(15-18-9-8-10-19(26)14-18)28-25(31)22(13-17(2)3)27-24(30)16-32-20-11-6-5-7-12-20/h4-12,14,17,21-22H,1,13,15-16H2,2-3H3,(H,27,30)(H,28,31)/t21-,22-/m0/s1. The summed E-state index contributed by atoms with van der Waals surface area (Å²) >= 11 is 7.45. The molecule has 0 radical (unpaired) electrons. The Kier molecular flexibility index (Phi) is 10.5. The minimum atomic E-state index is -0.788. The van der Waals surface area contributed by atoms with Crippen LogP contribution in [0.1, 0.15) is 25.8 Å². The van der Waals surface area contributed by atoms with E-state index in [4.69, 9.17) is 11.6 Å². The van der Waals surface area contributed by atoms with Crippen molar-refractivity contribution in [2.75, 3.05) is 5.75 Å². The molecule has 170 valence electrons. The molecule has 0 aliphatic carbocycles. The van der Waals surface area contributed by atoms with Gasteiger partial charge in [-0.25, -0.2) is 0 Å². The number of carbonyl (C=O) groups excluding carboxylic acids is 3. The zero-order valence-electron chi connectivity index (χ0n) is 18.3. The first kappa shape index (κ1) is 25.7. The average molecular weight is 473 g/mol. The van der Waals surface area contributed by atoms with E-state index in [-0.39, 0.29) is 35.7 Å². The summed E-state index contributed by atoms with van der Waals surface area (Å²) in [5.74, 6) is -0.550. The minimum Gasteiger partial charge on any atom is -0.344 e. The number of hydrogen-bond acceptors (Lipinski definition) is 4. The molecule has 32 heavy (non-hydrogen) atoms.